The van der Waals surface area contributed by atoms with Crippen molar-refractivity contribution in [2.24, 2.45) is 11.1 Å². The van der Waals surface area contributed by atoms with Crippen LogP contribution in [0.3, 0.4) is 0 Å². The van der Waals surface area contributed by atoms with Gasteiger partial charge in [-0.25, -0.2) is 0 Å². The smallest absolute Gasteiger partial charge is 0.302 e. The first-order valence-corrected chi connectivity index (χ1v) is 9.12. The van der Waals surface area contributed by atoms with E-state index in [9.17, 15) is 9.59 Å². The molecule has 7 nitrogen and oxygen atoms in total. The first kappa shape index (κ1) is 24.8. The third-order valence-electron chi connectivity index (χ3n) is 3.58. The van der Waals surface area contributed by atoms with Gasteiger partial charge in [0.05, 0.1) is 24.9 Å². The molecule has 0 aromatic heterocycles. The minimum atomic E-state index is -1.06. The highest BCUT2D eigenvalue weighted by Crippen LogP contribution is 2.25. The Morgan fingerprint density at radius 2 is 1.65 bits per heavy atom. The first-order chi connectivity index (χ1) is 11.7. The summed E-state index contributed by atoms with van der Waals surface area (Å²) in [5.74, 6) is -0.660. The maximum atomic E-state index is 12.3. The van der Waals surface area contributed by atoms with Crippen LogP contribution in [0.2, 0.25) is 0 Å². The van der Waals surface area contributed by atoms with Crippen molar-refractivity contribution in [3.63, 3.8) is 0 Å². The van der Waals surface area contributed by atoms with Gasteiger partial charge in [-0.2, -0.15) is 0 Å². The Labute approximate surface area is 158 Å². The minimum absolute atomic E-state index is 0.0669. The first-order valence-electron chi connectivity index (χ1n) is 9.12. The number of carbonyl (C=O) groups excluding carboxylic acids is 2. The fourth-order valence-corrected chi connectivity index (χ4v) is 2.23. The fourth-order valence-electron chi connectivity index (χ4n) is 2.23. The number of nitrogens with one attached hydrogen (secondary N) is 1. The lowest BCUT2D eigenvalue weighted by Crippen LogP contribution is -2.49. The predicted octanol–water partition coefficient (Wildman–Crippen LogP) is 2.02. The van der Waals surface area contributed by atoms with E-state index in [0.29, 0.717) is 13.0 Å². The molecule has 3 N–H and O–H groups in total. The molecular weight excluding hydrogens is 336 g/mol. The maximum Gasteiger partial charge on any atom is 0.302 e. The van der Waals surface area contributed by atoms with Gasteiger partial charge >= 0.3 is 5.97 Å². The van der Waals surface area contributed by atoms with Crippen molar-refractivity contribution in [2.75, 3.05) is 26.3 Å². The molecule has 0 rings (SSSR count). The molecule has 0 saturated carbocycles. The zero-order valence-electron chi connectivity index (χ0n) is 17.7. The zero-order chi connectivity index (χ0) is 20.6. The Hall–Kier alpha value is -1.18. The molecule has 0 aliphatic heterocycles. The quantitative estimate of drug-likeness (QED) is 0.424. The Kier molecular flexibility index (Phi) is 9.77. The van der Waals surface area contributed by atoms with Crippen LogP contribution in [0, 0.1) is 5.41 Å². The lowest BCUT2D eigenvalue weighted by atomic mass is 9.96. The molecule has 0 heterocycles. The molecule has 0 radical (unpaired) electrons. The third kappa shape index (κ3) is 11.4. The van der Waals surface area contributed by atoms with Gasteiger partial charge in [-0.1, -0.05) is 20.8 Å². The molecule has 0 aromatic rings. The van der Waals surface area contributed by atoms with Crippen LogP contribution in [0.25, 0.3) is 0 Å². The molecule has 26 heavy (non-hydrogen) atoms. The molecule has 0 bridgehead atoms. The van der Waals surface area contributed by atoms with Gasteiger partial charge in [0.15, 0.2) is 0 Å². The second-order valence-electron chi connectivity index (χ2n) is 8.89. The SMILES string of the molecule is CC(=O)OCCNC(=O)C(C)(C)OC(CN)CC(C)(C)OCC(C)(C)C. The molecule has 0 saturated heterocycles. The number of carbonyl (C=O) groups is 2. The minimum Gasteiger partial charge on any atom is -0.464 e. The summed E-state index contributed by atoms with van der Waals surface area (Å²) >= 11 is 0. The van der Waals surface area contributed by atoms with Crippen LogP contribution in [0.15, 0.2) is 0 Å². The maximum absolute atomic E-state index is 12.3. The molecule has 1 atom stereocenters. The van der Waals surface area contributed by atoms with Gasteiger partial charge < -0.3 is 25.3 Å². The van der Waals surface area contributed by atoms with E-state index in [1.807, 2.05) is 13.8 Å². The fraction of sp³-hybridized carbons (Fsp3) is 0.895. The molecule has 0 aromatic carbocycles. The number of hydrogen-bond donors (Lipinski definition) is 2. The van der Waals surface area contributed by atoms with Crippen LogP contribution in [-0.4, -0.2) is 55.5 Å². The summed E-state index contributed by atoms with van der Waals surface area (Å²) in [4.78, 5) is 23.1. The van der Waals surface area contributed by atoms with E-state index in [2.05, 4.69) is 26.1 Å². The summed E-state index contributed by atoms with van der Waals surface area (Å²) in [5.41, 5.74) is 4.45. The summed E-state index contributed by atoms with van der Waals surface area (Å²) in [5, 5.41) is 2.70. The van der Waals surface area contributed by atoms with E-state index >= 15 is 0 Å². The zero-order valence-corrected chi connectivity index (χ0v) is 17.7. The monoisotopic (exact) mass is 374 g/mol. The Balaban J connectivity index is 4.61. The van der Waals surface area contributed by atoms with Crippen LogP contribution in [0.5, 0.6) is 0 Å². The predicted molar refractivity (Wildman–Crippen MR) is 102 cm³/mol. The van der Waals surface area contributed by atoms with Crippen LogP contribution in [0.1, 0.15) is 61.8 Å². The van der Waals surface area contributed by atoms with Crippen LogP contribution < -0.4 is 11.1 Å². The molecule has 7 heteroatoms. The number of hydrogen-bond acceptors (Lipinski definition) is 6. The summed E-state index contributed by atoms with van der Waals surface area (Å²) in [6.07, 6.45) is 0.253. The highest BCUT2D eigenvalue weighted by Gasteiger charge is 2.34. The molecule has 1 amide bonds. The Morgan fingerprint density at radius 1 is 1.08 bits per heavy atom. The molecular formula is C19H38N2O5. The highest BCUT2D eigenvalue weighted by molar-refractivity contribution is 5.84. The number of ether oxygens (including phenoxy) is 3. The van der Waals surface area contributed by atoms with E-state index in [0.717, 1.165) is 0 Å². The van der Waals surface area contributed by atoms with Crippen molar-refractivity contribution >= 4 is 11.9 Å². The van der Waals surface area contributed by atoms with Gasteiger partial charge in [0.1, 0.15) is 12.2 Å². The van der Waals surface area contributed by atoms with Crippen LogP contribution >= 0.6 is 0 Å². The summed E-state index contributed by atoms with van der Waals surface area (Å²) in [6, 6.07) is 0. The molecule has 1 unspecified atom stereocenters. The van der Waals surface area contributed by atoms with Crippen molar-refractivity contribution in [3.8, 4) is 0 Å². The molecule has 0 fully saturated rings. The molecule has 0 spiro atoms. The number of amides is 1. The van der Waals surface area contributed by atoms with Crippen LogP contribution in [-0.2, 0) is 23.8 Å². The highest BCUT2D eigenvalue weighted by atomic mass is 16.5. The van der Waals surface area contributed by atoms with E-state index in [1.54, 1.807) is 13.8 Å². The third-order valence-corrected chi connectivity index (χ3v) is 3.58. The van der Waals surface area contributed by atoms with E-state index < -0.39 is 11.2 Å². The second-order valence-corrected chi connectivity index (χ2v) is 8.89. The van der Waals surface area contributed by atoms with Gasteiger partial charge in [0, 0.05) is 19.9 Å². The molecule has 0 aliphatic rings. The largest absolute Gasteiger partial charge is 0.464 e. The second kappa shape index (κ2) is 10.2. The lowest BCUT2D eigenvalue weighted by Gasteiger charge is -2.35. The topological polar surface area (TPSA) is 99.9 Å². The Bertz CT molecular complexity index is 455. The average Bonchev–Trinajstić information content (AvgIpc) is 2.47. The molecule has 0 aliphatic carbocycles. The van der Waals surface area contributed by atoms with E-state index in [-0.39, 0.29) is 43.1 Å². The average molecular weight is 375 g/mol. The van der Waals surface area contributed by atoms with Crippen LogP contribution in [0.4, 0.5) is 0 Å². The van der Waals surface area contributed by atoms with Crippen molar-refractivity contribution in [2.45, 2.75) is 79.1 Å². The van der Waals surface area contributed by atoms with Gasteiger partial charge in [0.25, 0.3) is 5.91 Å². The summed E-state index contributed by atoms with van der Waals surface area (Å²) < 4.78 is 16.8. The van der Waals surface area contributed by atoms with Gasteiger partial charge in [-0.3, -0.25) is 9.59 Å². The number of rotatable bonds is 11. The number of esters is 1. The van der Waals surface area contributed by atoms with Crippen molar-refractivity contribution in [1.29, 1.82) is 0 Å². The van der Waals surface area contributed by atoms with E-state index in [1.165, 1.54) is 6.92 Å². The van der Waals surface area contributed by atoms with Crippen molar-refractivity contribution in [1.82, 2.24) is 5.32 Å². The number of nitrogens with two attached hydrogens (primary N) is 1. The Morgan fingerprint density at radius 3 is 2.12 bits per heavy atom. The standard InChI is InChI=1S/C19H38N2O5/c1-14(22)24-10-9-21-16(23)19(7,8)26-15(12-20)11-18(5,6)25-13-17(2,3)4/h15H,9-13,20H2,1-8H3,(H,21,23). The molecule has 154 valence electrons. The van der Waals surface area contributed by atoms with Gasteiger partial charge in [-0.15, -0.1) is 0 Å². The normalized spacial score (nSPS) is 14.0. The van der Waals surface area contributed by atoms with Crippen molar-refractivity contribution < 1.29 is 23.8 Å². The van der Waals surface area contributed by atoms with E-state index in [4.69, 9.17) is 19.9 Å². The summed E-state index contributed by atoms with van der Waals surface area (Å²) in [7, 11) is 0. The van der Waals surface area contributed by atoms with Crippen molar-refractivity contribution in [3.05, 3.63) is 0 Å². The lowest BCUT2D eigenvalue weighted by molar-refractivity contribution is -0.157. The summed E-state index contributed by atoms with van der Waals surface area (Å²) in [6.45, 7) is 16.3. The van der Waals surface area contributed by atoms with Gasteiger partial charge in [-0.05, 0) is 33.1 Å². The van der Waals surface area contributed by atoms with Gasteiger partial charge in [0.2, 0.25) is 0 Å².